The third-order valence-electron chi connectivity index (χ3n) is 3.61. The largest absolute Gasteiger partial charge is 0.478 e. The number of hydrogen-bond donors (Lipinski definition) is 2. The highest BCUT2D eigenvalue weighted by Gasteiger charge is 2.20. The van der Waals surface area contributed by atoms with Gasteiger partial charge in [-0.05, 0) is 37.3 Å². The summed E-state index contributed by atoms with van der Waals surface area (Å²) in [6.07, 6.45) is -1.06. The van der Waals surface area contributed by atoms with Crippen LogP contribution in [0.25, 0.3) is 10.1 Å². The summed E-state index contributed by atoms with van der Waals surface area (Å²) in [5.41, 5.74) is 4.41. The van der Waals surface area contributed by atoms with Crippen LogP contribution < -0.4 is 15.6 Å². The first-order valence-corrected chi connectivity index (χ1v) is 8.95. The van der Waals surface area contributed by atoms with Gasteiger partial charge in [0.25, 0.3) is 11.8 Å². The number of amides is 2. The minimum absolute atomic E-state index is 0.0824. The van der Waals surface area contributed by atoms with E-state index >= 15 is 0 Å². The molecule has 0 radical (unpaired) electrons. The number of para-hydroxylation sites is 1. The van der Waals surface area contributed by atoms with E-state index in [2.05, 4.69) is 10.9 Å². The third-order valence-corrected chi connectivity index (χ3v) is 5.26. The van der Waals surface area contributed by atoms with Gasteiger partial charge in [0.1, 0.15) is 10.7 Å². The number of rotatable bonds is 4. The van der Waals surface area contributed by atoms with Crippen molar-refractivity contribution < 1.29 is 23.1 Å². The molecule has 5 nitrogen and oxygen atoms in total. The molecular weight excluding hydrogens is 398 g/mol. The Hall–Kier alpha value is -2.71. The molecule has 1 aromatic heterocycles. The Bertz CT molecular complexity index is 1030. The number of halogens is 3. The molecule has 0 bridgehead atoms. The van der Waals surface area contributed by atoms with Crippen LogP contribution in [0.15, 0.2) is 42.5 Å². The van der Waals surface area contributed by atoms with E-state index in [-0.39, 0.29) is 15.6 Å². The van der Waals surface area contributed by atoms with Gasteiger partial charge in [0, 0.05) is 10.1 Å². The maximum atomic E-state index is 13.6. The van der Waals surface area contributed by atoms with Crippen molar-refractivity contribution in [2.45, 2.75) is 13.0 Å². The first kappa shape index (κ1) is 19.1. The third kappa shape index (κ3) is 4.17. The number of fused-ring (bicyclic) bond motifs is 1. The van der Waals surface area contributed by atoms with E-state index in [4.69, 9.17) is 16.3 Å². The van der Waals surface area contributed by atoms with E-state index in [0.29, 0.717) is 10.1 Å². The number of benzene rings is 2. The topological polar surface area (TPSA) is 67.4 Å². The highest BCUT2D eigenvalue weighted by molar-refractivity contribution is 7.21. The number of hydrazine groups is 1. The first-order valence-electron chi connectivity index (χ1n) is 7.75. The average Bonchev–Trinajstić information content (AvgIpc) is 2.97. The van der Waals surface area contributed by atoms with Crippen LogP contribution in [0, 0.1) is 11.6 Å². The van der Waals surface area contributed by atoms with Crippen molar-refractivity contribution >= 4 is 44.8 Å². The monoisotopic (exact) mass is 410 g/mol. The maximum absolute atomic E-state index is 13.6. The Morgan fingerprint density at radius 1 is 1.15 bits per heavy atom. The van der Waals surface area contributed by atoms with Gasteiger partial charge in [-0.15, -0.1) is 11.3 Å². The molecule has 0 saturated carbocycles. The quantitative estimate of drug-likeness (QED) is 0.637. The summed E-state index contributed by atoms with van der Waals surface area (Å²) in [5, 5.41) is 0.702. The van der Waals surface area contributed by atoms with E-state index in [9.17, 15) is 18.4 Å². The van der Waals surface area contributed by atoms with Crippen LogP contribution in [0.4, 0.5) is 8.78 Å². The summed E-state index contributed by atoms with van der Waals surface area (Å²) < 4.78 is 32.6. The molecule has 3 aromatic rings. The molecular formula is C18H13ClF2N2O3S. The van der Waals surface area contributed by atoms with E-state index in [1.165, 1.54) is 43.3 Å². The SMILES string of the molecule is CC(Oc1ccccc1F)C(=O)NNC(=O)c1sc2cc(F)ccc2c1Cl. The molecule has 0 fully saturated rings. The second-order valence-electron chi connectivity index (χ2n) is 5.52. The smallest absolute Gasteiger partial charge is 0.281 e. The lowest BCUT2D eigenvalue weighted by atomic mass is 10.2. The number of thiophene rings is 1. The molecule has 2 aromatic carbocycles. The predicted octanol–water partition coefficient (Wildman–Crippen LogP) is 4.06. The summed E-state index contributed by atoms with van der Waals surface area (Å²) in [4.78, 5) is 24.4. The Balaban J connectivity index is 1.64. The first-order chi connectivity index (χ1) is 12.9. The molecule has 140 valence electrons. The molecule has 9 heteroatoms. The average molecular weight is 411 g/mol. The number of carbonyl (C=O) groups is 2. The van der Waals surface area contributed by atoms with Crippen molar-refractivity contribution in [3.05, 3.63) is 64.0 Å². The van der Waals surface area contributed by atoms with Crippen molar-refractivity contribution in [1.82, 2.24) is 10.9 Å². The van der Waals surface area contributed by atoms with Crippen LogP contribution in [0.3, 0.4) is 0 Å². The van der Waals surface area contributed by atoms with Crippen LogP contribution in [-0.2, 0) is 4.79 Å². The normalized spacial score (nSPS) is 11.9. The van der Waals surface area contributed by atoms with Crippen molar-refractivity contribution in [3.63, 3.8) is 0 Å². The molecule has 0 aliphatic rings. The molecule has 2 amide bonds. The Kier molecular flexibility index (Phi) is 5.57. The molecule has 1 unspecified atom stereocenters. The Morgan fingerprint density at radius 2 is 1.89 bits per heavy atom. The fraction of sp³-hybridized carbons (Fsp3) is 0.111. The molecule has 1 atom stereocenters. The van der Waals surface area contributed by atoms with Crippen LogP contribution in [0.2, 0.25) is 5.02 Å². The standard InChI is InChI=1S/C18H13ClF2N2O3S/c1-9(26-13-5-3-2-4-12(13)21)17(24)22-23-18(25)16-15(19)11-7-6-10(20)8-14(11)27-16/h2-9H,1H3,(H,22,24)(H,23,25). The highest BCUT2D eigenvalue weighted by Crippen LogP contribution is 2.35. The van der Waals surface area contributed by atoms with Crippen LogP contribution in [0.5, 0.6) is 5.75 Å². The van der Waals surface area contributed by atoms with Crippen LogP contribution in [-0.4, -0.2) is 17.9 Å². The summed E-state index contributed by atoms with van der Waals surface area (Å²) in [6, 6.07) is 9.63. The van der Waals surface area contributed by atoms with E-state index in [0.717, 1.165) is 11.3 Å². The van der Waals surface area contributed by atoms with Crippen molar-refractivity contribution in [1.29, 1.82) is 0 Å². The summed E-state index contributed by atoms with van der Waals surface area (Å²) >= 11 is 7.15. The summed E-state index contributed by atoms with van der Waals surface area (Å²) in [6.45, 7) is 1.41. The molecule has 1 heterocycles. The second kappa shape index (κ2) is 7.89. The van der Waals surface area contributed by atoms with E-state index in [1.54, 1.807) is 6.07 Å². The molecule has 0 aliphatic heterocycles. The zero-order chi connectivity index (χ0) is 19.6. The van der Waals surface area contributed by atoms with Crippen molar-refractivity contribution in [2.24, 2.45) is 0 Å². The lowest BCUT2D eigenvalue weighted by molar-refractivity contribution is -0.128. The van der Waals surface area contributed by atoms with Gasteiger partial charge >= 0.3 is 0 Å². The number of hydrogen-bond acceptors (Lipinski definition) is 4. The number of ether oxygens (including phenoxy) is 1. The van der Waals surface area contributed by atoms with Gasteiger partial charge in [-0.25, -0.2) is 8.78 Å². The van der Waals surface area contributed by atoms with Gasteiger partial charge in [0.05, 0.1) is 5.02 Å². The molecule has 27 heavy (non-hydrogen) atoms. The zero-order valence-electron chi connectivity index (χ0n) is 13.9. The van der Waals surface area contributed by atoms with Gasteiger partial charge in [-0.3, -0.25) is 20.4 Å². The molecule has 3 rings (SSSR count). The van der Waals surface area contributed by atoms with Gasteiger partial charge in [-0.2, -0.15) is 0 Å². The number of carbonyl (C=O) groups excluding carboxylic acids is 2. The van der Waals surface area contributed by atoms with Gasteiger partial charge < -0.3 is 4.74 Å². The minimum Gasteiger partial charge on any atom is -0.478 e. The molecule has 2 N–H and O–H groups in total. The molecule has 0 spiro atoms. The number of nitrogens with one attached hydrogen (secondary N) is 2. The minimum atomic E-state index is -1.06. The van der Waals surface area contributed by atoms with Crippen molar-refractivity contribution in [2.75, 3.05) is 0 Å². The predicted molar refractivity (Wildman–Crippen MR) is 98.9 cm³/mol. The van der Waals surface area contributed by atoms with Crippen LogP contribution in [0.1, 0.15) is 16.6 Å². The van der Waals surface area contributed by atoms with Gasteiger partial charge in [0.2, 0.25) is 0 Å². The van der Waals surface area contributed by atoms with Crippen molar-refractivity contribution in [3.8, 4) is 5.75 Å². The summed E-state index contributed by atoms with van der Waals surface area (Å²) in [5.74, 6) is -2.48. The van der Waals surface area contributed by atoms with Gasteiger partial charge in [0.15, 0.2) is 17.7 Å². The van der Waals surface area contributed by atoms with E-state index < -0.39 is 29.6 Å². The second-order valence-corrected chi connectivity index (χ2v) is 6.95. The molecule has 0 aliphatic carbocycles. The Morgan fingerprint density at radius 3 is 2.63 bits per heavy atom. The lowest BCUT2D eigenvalue weighted by Gasteiger charge is -2.15. The lowest BCUT2D eigenvalue weighted by Crippen LogP contribution is -2.47. The van der Waals surface area contributed by atoms with Gasteiger partial charge in [-0.1, -0.05) is 23.7 Å². The Labute approximate surface area is 161 Å². The summed E-state index contributed by atoms with van der Waals surface area (Å²) in [7, 11) is 0. The molecule has 0 saturated heterocycles. The fourth-order valence-corrected chi connectivity index (χ4v) is 3.68. The maximum Gasteiger partial charge on any atom is 0.281 e. The zero-order valence-corrected chi connectivity index (χ0v) is 15.5. The highest BCUT2D eigenvalue weighted by atomic mass is 35.5. The van der Waals surface area contributed by atoms with E-state index in [1.807, 2.05) is 0 Å². The fourth-order valence-electron chi connectivity index (χ4n) is 2.25. The van der Waals surface area contributed by atoms with Crippen LogP contribution >= 0.6 is 22.9 Å².